The molecule has 0 saturated heterocycles. The standard InChI is InChI=1S/C67H114O6/c1-4-7-10-13-16-19-22-24-26-28-29-30-31-32-33-34-35-36-37-39-40-42-45-48-51-54-57-60-66(69)72-63-64(62-71-65(68)59-56-53-50-47-44-21-18-15-12-9-6-3)73-67(70)61-58-55-52-49-46-43-41-38-27-25-23-20-17-14-11-8-5-2/h7-8,10-11,16-17,19-20,24-27,29-30,32-33,64H,4-6,9,12-15,18,21-23,28,31,34-63H2,1-3H3/b10-7-,11-8-,19-16-,20-17-,26-24-,27-25-,30-29-,33-32-. The second kappa shape index (κ2) is 60.9. The normalized spacial score (nSPS) is 12.8. The van der Waals surface area contributed by atoms with Crippen LogP contribution in [0.25, 0.3) is 0 Å². The van der Waals surface area contributed by atoms with Gasteiger partial charge in [0.2, 0.25) is 0 Å². The van der Waals surface area contributed by atoms with E-state index in [4.69, 9.17) is 14.2 Å². The molecule has 0 aromatic carbocycles. The summed E-state index contributed by atoms with van der Waals surface area (Å²) in [5.41, 5.74) is 0. The summed E-state index contributed by atoms with van der Waals surface area (Å²) in [5, 5.41) is 0. The van der Waals surface area contributed by atoms with Crippen molar-refractivity contribution in [1.82, 2.24) is 0 Å². The lowest BCUT2D eigenvalue weighted by atomic mass is 10.0. The van der Waals surface area contributed by atoms with Gasteiger partial charge >= 0.3 is 17.9 Å². The smallest absolute Gasteiger partial charge is 0.306 e. The molecule has 0 aliphatic heterocycles. The average molecular weight is 1020 g/mol. The number of ether oxygens (including phenoxy) is 3. The fourth-order valence-corrected chi connectivity index (χ4v) is 8.54. The Balaban J connectivity index is 4.27. The van der Waals surface area contributed by atoms with Crippen molar-refractivity contribution in [3.8, 4) is 0 Å². The summed E-state index contributed by atoms with van der Waals surface area (Å²) in [6.45, 7) is 6.42. The molecule has 0 aliphatic rings. The van der Waals surface area contributed by atoms with E-state index in [9.17, 15) is 14.4 Å². The predicted octanol–water partition coefficient (Wildman–Crippen LogP) is 20.9. The summed E-state index contributed by atoms with van der Waals surface area (Å²) in [4.78, 5) is 38.2. The van der Waals surface area contributed by atoms with Crippen LogP contribution < -0.4 is 0 Å². The molecule has 0 aliphatic carbocycles. The van der Waals surface area contributed by atoms with Crippen LogP contribution in [0.3, 0.4) is 0 Å². The minimum atomic E-state index is -0.783. The Labute approximate surface area is 451 Å². The number of unbranched alkanes of at least 4 members (excludes halogenated alkanes) is 28. The van der Waals surface area contributed by atoms with Crippen molar-refractivity contribution in [1.29, 1.82) is 0 Å². The Morgan fingerprint density at radius 2 is 0.534 bits per heavy atom. The third kappa shape index (κ3) is 59.1. The zero-order valence-electron chi connectivity index (χ0n) is 47.9. The average Bonchev–Trinajstić information content (AvgIpc) is 3.39. The molecule has 0 heterocycles. The Hall–Kier alpha value is -3.67. The second-order valence-electron chi connectivity index (χ2n) is 20.2. The van der Waals surface area contributed by atoms with Gasteiger partial charge in [-0.2, -0.15) is 0 Å². The highest BCUT2D eigenvalue weighted by molar-refractivity contribution is 5.71. The quantitative estimate of drug-likeness (QED) is 0.0261. The van der Waals surface area contributed by atoms with Crippen LogP contribution in [0.2, 0.25) is 0 Å². The molecule has 418 valence electrons. The summed E-state index contributed by atoms with van der Waals surface area (Å²) in [6, 6.07) is 0. The highest BCUT2D eigenvalue weighted by Crippen LogP contribution is 2.16. The fraction of sp³-hybridized carbons (Fsp3) is 0.716. The molecule has 1 atom stereocenters. The summed E-state index contributed by atoms with van der Waals surface area (Å²) in [7, 11) is 0. The predicted molar refractivity (Wildman–Crippen MR) is 316 cm³/mol. The summed E-state index contributed by atoms with van der Waals surface area (Å²) < 4.78 is 16.9. The van der Waals surface area contributed by atoms with Crippen molar-refractivity contribution in [2.24, 2.45) is 0 Å². The van der Waals surface area contributed by atoms with Crippen LogP contribution in [0.15, 0.2) is 97.2 Å². The fourth-order valence-electron chi connectivity index (χ4n) is 8.54. The molecule has 0 aromatic rings. The highest BCUT2D eigenvalue weighted by Gasteiger charge is 2.19. The molecule has 6 nitrogen and oxygen atoms in total. The van der Waals surface area contributed by atoms with Gasteiger partial charge in [-0.15, -0.1) is 0 Å². The molecule has 0 rings (SSSR count). The molecule has 73 heavy (non-hydrogen) atoms. The first kappa shape index (κ1) is 69.3. The summed E-state index contributed by atoms with van der Waals surface area (Å²) in [6.07, 6.45) is 81.2. The summed E-state index contributed by atoms with van der Waals surface area (Å²) >= 11 is 0. The van der Waals surface area contributed by atoms with Gasteiger partial charge in [0, 0.05) is 19.3 Å². The molecule has 0 spiro atoms. The molecule has 0 radical (unpaired) electrons. The zero-order chi connectivity index (χ0) is 52.9. The molecule has 6 heteroatoms. The van der Waals surface area contributed by atoms with Crippen molar-refractivity contribution < 1.29 is 28.6 Å². The molecule has 0 amide bonds. The summed E-state index contributed by atoms with van der Waals surface area (Å²) in [5.74, 6) is -0.886. The van der Waals surface area contributed by atoms with Crippen LogP contribution in [-0.2, 0) is 28.6 Å². The van der Waals surface area contributed by atoms with Crippen molar-refractivity contribution in [2.75, 3.05) is 13.2 Å². The maximum absolute atomic E-state index is 12.9. The minimum Gasteiger partial charge on any atom is -0.462 e. The van der Waals surface area contributed by atoms with Gasteiger partial charge in [-0.05, 0) is 96.3 Å². The lowest BCUT2D eigenvalue weighted by Gasteiger charge is -2.18. The maximum Gasteiger partial charge on any atom is 0.306 e. The van der Waals surface area contributed by atoms with Crippen molar-refractivity contribution in [3.05, 3.63) is 97.2 Å². The van der Waals surface area contributed by atoms with Gasteiger partial charge in [0.25, 0.3) is 0 Å². The van der Waals surface area contributed by atoms with E-state index < -0.39 is 6.10 Å². The highest BCUT2D eigenvalue weighted by atomic mass is 16.6. The van der Waals surface area contributed by atoms with E-state index in [1.165, 1.54) is 135 Å². The second-order valence-corrected chi connectivity index (χ2v) is 20.2. The Morgan fingerprint density at radius 3 is 0.836 bits per heavy atom. The van der Waals surface area contributed by atoms with Gasteiger partial charge in [-0.25, -0.2) is 0 Å². The molecular weight excluding hydrogens is 901 g/mol. The van der Waals surface area contributed by atoms with Crippen LogP contribution in [0.1, 0.15) is 290 Å². The Morgan fingerprint density at radius 1 is 0.288 bits per heavy atom. The van der Waals surface area contributed by atoms with E-state index in [-0.39, 0.29) is 31.1 Å². The van der Waals surface area contributed by atoms with E-state index in [1.54, 1.807) is 0 Å². The molecule has 0 fully saturated rings. The van der Waals surface area contributed by atoms with Gasteiger partial charge in [0.15, 0.2) is 6.10 Å². The largest absolute Gasteiger partial charge is 0.462 e. The number of esters is 3. The number of allylic oxidation sites excluding steroid dienone is 16. The van der Waals surface area contributed by atoms with Crippen LogP contribution >= 0.6 is 0 Å². The van der Waals surface area contributed by atoms with Crippen LogP contribution in [0, 0.1) is 0 Å². The number of hydrogen-bond acceptors (Lipinski definition) is 6. The molecule has 1 unspecified atom stereocenters. The first-order valence-corrected chi connectivity index (χ1v) is 30.7. The number of hydrogen-bond donors (Lipinski definition) is 0. The van der Waals surface area contributed by atoms with Crippen LogP contribution in [0.5, 0.6) is 0 Å². The Bertz CT molecular complexity index is 1440. The number of carbonyl (C=O) groups excluding carboxylic acids is 3. The third-order valence-electron chi connectivity index (χ3n) is 13.1. The van der Waals surface area contributed by atoms with Crippen molar-refractivity contribution >= 4 is 17.9 Å². The van der Waals surface area contributed by atoms with E-state index >= 15 is 0 Å². The third-order valence-corrected chi connectivity index (χ3v) is 13.1. The lowest BCUT2D eigenvalue weighted by Crippen LogP contribution is -2.30. The SMILES string of the molecule is CC/C=C\C/C=C\C/C=C\C/C=C\C/C=C\CCCCCCCCCCCCCC(=O)OCC(COC(=O)CCCCCCCCCCCCC)OC(=O)CCCCCCCCC/C=C\C/C=C\C/C=C\CC. The maximum atomic E-state index is 12.9. The van der Waals surface area contributed by atoms with Gasteiger partial charge in [-0.3, -0.25) is 14.4 Å². The van der Waals surface area contributed by atoms with Crippen LogP contribution in [-0.4, -0.2) is 37.2 Å². The molecule has 0 aromatic heterocycles. The Kier molecular flexibility index (Phi) is 57.8. The zero-order valence-corrected chi connectivity index (χ0v) is 47.9. The van der Waals surface area contributed by atoms with E-state index in [0.717, 1.165) is 116 Å². The molecule has 0 saturated carbocycles. The van der Waals surface area contributed by atoms with Crippen molar-refractivity contribution in [3.63, 3.8) is 0 Å². The van der Waals surface area contributed by atoms with E-state index in [1.807, 2.05) is 0 Å². The first-order valence-electron chi connectivity index (χ1n) is 30.7. The van der Waals surface area contributed by atoms with E-state index in [0.29, 0.717) is 19.3 Å². The molecule has 0 N–H and O–H groups in total. The van der Waals surface area contributed by atoms with Crippen LogP contribution in [0.4, 0.5) is 0 Å². The topological polar surface area (TPSA) is 78.9 Å². The molecule has 0 bridgehead atoms. The van der Waals surface area contributed by atoms with Gasteiger partial charge in [-0.1, -0.05) is 272 Å². The number of rotatable bonds is 55. The van der Waals surface area contributed by atoms with Gasteiger partial charge in [0.1, 0.15) is 13.2 Å². The van der Waals surface area contributed by atoms with Gasteiger partial charge < -0.3 is 14.2 Å². The molecular formula is C67H114O6. The monoisotopic (exact) mass is 1010 g/mol. The number of carbonyl (C=O) groups is 3. The minimum absolute atomic E-state index is 0.0798. The van der Waals surface area contributed by atoms with Crippen molar-refractivity contribution in [2.45, 2.75) is 297 Å². The first-order chi connectivity index (χ1) is 36.0. The van der Waals surface area contributed by atoms with E-state index in [2.05, 4.69) is 118 Å². The lowest BCUT2D eigenvalue weighted by molar-refractivity contribution is -0.167. The van der Waals surface area contributed by atoms with Gasteiger partial charge in [0.05, 0.1) is 0 Å².